The molecule has 0 heterocycles. The summed E-state index contributed by atoms with van der Waals surface area (Å²) in [6, 6.07) is 0. The number of methoxy groups -OCH3 is 2. The third kappa shape index (κ3) is 15.5. The zero-order chi connectivity index (χ0) is 19.2. The predicted molar refractivity (Wildman–Crippen MR) is 91.9 cm³/mol. The Kier molecular flexibility index (Phi) is 15.4. The van der Waals surface area contributed by atoms with Crippen LogP contribution in [0.2, 0.25) is 0 Å². The van der Waals surface area contributed by atoms with Crippen molar-refractivity contribution in [1.29, 1.82) is 0 Å². The van der Waals surface area contributed by atoms with Crippen molar-refractivity contribution >= 4 is 7.82 Å². The lowest BCUT2D eigenvalue weighted by atomic mass is 9.83. The fraction of sp³-hybridized carbons (Fsp3) is 1.00. The smallest absolute Gasteiger partial charge is 0.394 e. The molecule has 3 unspecified atom stereocenters. The number of ether oxygens (including phenoxy) is 2. The average Bonchev–Trinajstić information content (AvgIpc) is 2.51. The molecular weight excluding hydrogens is 339 g/mol. The molecule has 0 spiro atoms. The number of aliphatic hydroxyl groups is 2. The van der Waals surface area contributed by atoms with Gasteiger partial charge in [0.2, 0.25) is 0 Å². The monoisotopic (exact) mass is 374 g/mol. The molecule has 0 aliphatic carbocycles. The zero-order valence-corrected chi connectivity index (χ0v) is 16.6. The van der Waals surface area contributed by atoms with Crippen LogP contribution in [0.4, 0.5) is 0 Å². The van der Waals surface area contributed by atoms with Crippen molar-refractivity contribution in [3.63, 3.8) is 0 Å². The summed E-state index contributed by atoms with van der Waals surface area (Å²) in [6.45, 7) is 6.50. The Morgan fingerprint density at radius 2 is 1.75 bits per heavy atom. The van der Waals surface area contributed by atoms with Gasteiger partial charge in [-0.3, -0.25) is 9.05 Å². The van der Waals surface area contributed by atoms with Crippen LogP contribution >= 0.6 is 7.82 Å². The van der Waals surface area contributed by atoms with Crippen LogP contribution < -0.4 is 0 Å². The largest absolute Gasteiger partial charge is 0.472 e. The Bertz CT molecular complexity index is 337. The highest BCUT2D eigenvalue weighted by Crippen LogP contribution is 2.41. The highest BCUT2D eigenvalue weighted by atomic mass is 31.2. The molecule has 0 aliphatic rings. The maximum absolute atomic E-state index is 10.8. The lowest BCUT2D eigenvalue weighted by Gasteiger charge is -2.25. The lowest BCUT2D eigenvalue weighted by Crippen LogP contribution is -2.23. The first-order chi connectivity index (χ1) is 11.1. The molecule has 0 amide bonds. The molecule has 0 bridgehead atoms. The molecule has 9 heteroatoms. The summed E-state index contributed by atoms with van der Waals surface area (Å²) in [5.41, 5.74) is 0.164. The summed E-state index contributed by atoms with van der Waals surface area (Å²) in [5.74, 6) is 0. The number of phosphoric ester groups is 1. The van der Waals surface area contributed by atoms with E-state index in [1.54, 1.807) is 0 Å². The maximum atomic E-state index is 10.8. The summed E-state index contributed by atoms with van der Waals surface area (Å²) in [6.07, 6.45) is 2.00. The van der Waals surface area contributed by atoms with Crippen LogP contribution in [0.25, 0.3) is 0 Å². The number of hydrogen-bond donors (Lipinski definition) is 3. The highest BCUT2D eigenvalue weighted by molar-refractivity contribution is 7.47. The molecule has 0 aromatic carbocycles. The molecule has 0 aliphatic heterocycles. The van der Waals surface area contributed by atoms with Crippen molar-refractivity contribution in [2.75, 3.05) is 41.2 Å². The predicted octanol–water partition coefficient (Wildman–Crippen LogP) is 1.97. The molecule has 0 saturated carbocycles. The van der Waals surface area contributed by atoms with Gasteiger partial charge in [-0.15, -0.1) is 0 Å². The Balaban J connectivity index is 0. The van der Waals surface area contributed by atoms with Gasteiger partial charge in [0.15, 0.2) is 0 Å². The van der Waals surface area contributed by atoms with Gasteiger partial charge in [-0.2, -0.15) is 0 Å². The fourth-order valence-corrected chi connectivity index (χ4v) is 2.54. The van der Waals surface area contributed by atoms with Crippen molar-refractivity contribution in [2.24, 2.45) is 5.41 Å². The molecule has 3 atom stereocenters. The second kappa shape index (κ2) is 14.2. The van der Waals surface area contributed by atoms with Gasteiger partial charge in [-0.25, -0.2) is 4.57 Å². The normalized spacial score (nSPS) is 16.7. The summed E-state index contributed by atoms with van der Waals surface area (Å²) >= 11 is 0. The van der Waals surface area contributed by atoms with E-state index in [0.29, 0.717) is 13.0 Å². The molecule has 8 nitrogen and oxygen atoms in total. The third-order valence-corrected chi connectivity index (χ3v) is 4.20. The first kappa shape index (κ1) is 26.2. The van der Waals surface area contributed by atoms with Gasteiger partial charge < -0.3 is 24.6 Å². The van der Waals surface area contributed by atoms with E-state index in [-0.39, 0.29) is 24.7 Å². The minimum absolute atomic E-state index is 0.0496. The van der Waals surface area contributed by atoms with Crippen LogP contribution in [0.3, 0.4) is 0 Å². The van der Waals surface area contributed by atoms with Crippen LogP contribution in [0.5, 0.6) is 0 Å². The Hall–Kier alpha value is -0.0500. The Morgan fingerprint density at radius 1 is 1.17 bits per heavy atom. The Labute approximate surface area is 145 Å². The van der Waals surface area contributed by atoms with E-state index < -0.39 is 13.9 Å². The summed E-state index contributed by atoms with van der Waals surface area (Å²) in [7, 11) is 0.158. The van der Waals surface area contributed by atoms with Crippen molar-refractivity contribution < 1.29 is 38.2 Å². The van der Waals surface area contributed by atoms with E-state index in [1.165, 1.54) is 14.2 Å². The molecule has 0 saturated heterocycles. The molecule has 0 fully saturated rings. The second-order valence-electron chi connectivity index (χ2n) is 6.21. The van der Waals surface area contributed by atoms with E-state index >= 15 is 0 Å². The van der Waals surface area contributed by atoms with Crippen LogP contribution in [-0.2, 0) is 23.1 Å². The summed E-state index contributed by atoms with van der Waals surface area (Å²) in [5, 5.41) is 17.8. The van der Waals surface area contributed by atoms with Crippen molar-refractivity contribution in [1.82, 2.24) is 0 Å². The molecule has 24 heavy (non-hydrogen) atoms. The van der Waals surface area contributed by atoms with E-state index in [2.05, 4.69) is 29.8 Å². The van der Waals surface area contributed by atoms with Gasteiger partial charge in [-0.1, -0.05) is 27.2 Å². The van der Waals surface area contributed by atoms with Crippen LogP contribution in [0.1, 0.15) is 40.0 Å². The Morgan fingerprint density at radius 3 is 2.12 bits per heavy atom. The maximum Gasteiger partial charge on any atom is 0.472 e. The highest BCUT2D eigenvalue weighted by Gasteiger charge is 2.21. The van der Waals surface area contributed by atoms with E-state index in [0.717, 1.165) is 20.0 Å². The molecule has 3 N–H and O–H groups in total. The lowest BCUT2D eigenvalue weighted by molar-refractivity contribution is -0.00672. The zero-order valence-electron chi connectivity index (χ0n) is 15.7. The van der Waals surface area contributed by atoms with E-state index in [4.69, 9.17) is 19.5 Å². The topological polar surface area (TPSA) is 115 Å². The summed E-state index contributed by atoms with van der Waals surface area (Å²) < 4.78 is 29.3. The number of rotatable bonds is 12. The average molecular weight is 374 g/mol. The summed E-state index contributed by atoms with van der Waals surface area (Å²) in [4.78, 5) is 8.85. The second-order valence-corrected chi connectivity index (χ2v) is 7.78. The molecule has 148 valence electrons. The van der Waals surface area contributed by atoms with Gasteiger partial charge in [0.25, 0.3) is 0 Å². The van der Waals surface area contributed by atoms with Crippen molar-refractivity contribution in [3.05, 3.63) is 0 Å². The van der Waals surface area contributed by atoms with E-state index in [1.807, 2.05) is 0 Å². The minimum Gasteiger partial charge on any atom is -0.394 e. The molecule has 0 radical (unpaired) electrons. The molecule has 0 rings (SSSR count). The van der Waals surface area contributed by atoms with Gasteiger partial charge in [-0.05, 0) is 18.3 Å². The first-order valence-electron chi connectivity index (χ1n) is 7.91. The standard InChI is InChI=1S/C9H20O2.C6H15O6P/c1-4-5-9(2,3)6-8(11)7-10;1-9-4-6(10-2)5-12-13(7,8)11-3/h8,10-11H,4-7H2,1-3H3;6H,4-5H2,1-3H3,(H,7,8). The third-order valence-electron chi connectivity index (χ3n) is 3.27. The first-order valence-corrected chi connectivity index (χ1v) is 9.40. The SMILES string of the molecule is CCCC(C)(C)CC(O)CO.COCC(COP(=O)(O)OC)OC. The van der Waals surface area contributed by atoms with Gasteiger partial charge in [0, 0.05) is 21.3 Å². The van der Waals surface area contributed by atoms with Crippen LogP contribution in [0.15, 0.2) is 0 Å². The number of phosphoric acid groups is 1. The molecule has 0 aromatic heterocycles. The van der Waals surface area contributed by atoms with Gasteiger partial charge in [0.05, 0.1) is 25.9 Å². The minimum atomic E-state index is -3.90. The van der Waals surface area contributed by atoms with E-state index in [9.17, 15) is 9.67 Å². The number of aliphatic hydroxyl groups excluding tert-OH is 2. The van der Waals surface area contributed by atoms with Crippen molar-refractivity contribution in [2.45, 2.75) is 52.2 Å². The molecular formula is C15H35O8P. The van der Waals surface area contributed by atoms with Gasteiger partial charge >= 0.3 is 7.82 Å². The number of hydrogen-bond acceptors (Lipinski definition) is 7. The van der Waals surface area contributed by atoms with Crippen LogP contribution in [-0.4, -0.2) is 68.5 Å². The van der Waals surface area contributed by atoms with Gasteiger partial charge in [0.1, 0.15) is 6.10 Å². The fourth-order valence-electron chi connectivity index (χ4n) is 2.08. The molecule has 0 aromatic rings. The van der Waals surface area contributed by atoms with Crippen molar-refractivity contribution in [3.8, 4) is 0 Å². The van der Waals surface area contributed by atoms with Crippen LogP contribution in [0, 0.1) is 5.41 Å². The quantitative estimate of drug-likeness (QED) is 0.444.